The van der Waals surface area contributed by atoms with Crippen LogP contribution in [0.5, 0.6) is 5.75 Å². The molecular formula is C22H34Cl2N2O3. The highest BCUT2D eigenvalue weighted by Crippen LogP contribution is 2.28. The number of nitrogens with zero attached hydrogens (tertiary/aromatic N) is 2. The van der Waals surface area contributed by atoms with Crippen molar-refractivity contribution >= 4 is 30.5 Å². The van der Waals surface area contributed by atoms with Crippen molar-refractivity contribution in [3.05, 3.63) is 48.4 Å². The SMILES string of the molecule is CC(C)Oc1ccc(N(C)CCC2(O)CCN(Cc3ccoc3)CC2)cc1.Cl.Cl. The van der Waals surface area contributed by atoms with Crippen molar-refractivity contribution in [1.82, 2.24) is 4.90 Å². The van der Waals surface area contributed by atoms with E-state index in [-0.39, 0.29) is 30.9 Å². The van der Waals surface area contributed by atoms with E-state index in [0.29, 0.717) is 0 Å². The Morgan fingerprint density at radius 3 is 2.34 bits per heavy atom. The molecule has 1 N–H and O–H groups in total. The Kier molecular flexibility index (Phi) is 10.3. The smallest absolute Gasteiger partial charge is 0.119 e. The zero-order chi connectivity index (χ0) is 19.3. The lowest BCUT2D eigenvalue weighted by atomic mass is 9.88. The molecule has 1 aromatic carbocycles. The summed E-state index contributed by atoms with van der Waals surface area (Å²) in [6.45, 7) is 7.64. The number of piperidine rings is 1. The van der Waals surface area contributed by atoms with Gasteiger partial charge in [-0.15, -0.1) is 24.8 Å². The lowest BCUT2D eigenvalue weighted by Gasteiger charge is -2.39. The normalized spacial score (nSPS) is 16.0. The minimum atomic E-state index is -0.568. The number of rotatable bonds is 8. The van der Waals surface area contributed by atoms with Gasteiger partial charge in [-0.05, 0) is 63.4 Å². The van der Waals surface area contributed by atoms with Crippen molar-refractivity contribution in [2.24, 2.45) is 0 Å². The first-order valence-corrected chi connectivity index (χ1v) is 9.87. The molecule has 1 fully saturated rings. The third-order valence-corrected chi connectivity index (χ3v) is 5.33. The number of hydrogen-bond acceptors (Lipinski definition) is 5. The van der Waals surface area contributed by atoms with Crippen LogP contribution in [0.2, 0.25) is 0 Å². The summed E-state index contributed by atoms with van der Waals surface area (Å²) < 4.78 is 10.8. The molecule has 0 bridgehead atoms. The molecule has 7 heteroatoms. The van der Waals surface area contributed by atoms with Crippen LogP contribution in [0, 0.1) is 0 Å². The Balaban J connectivity index is 0.00000210. The Bertz CT molecular complexity index is 685. The van der Waals surface area contributed by atoms with Gasteiger partial charge in [0, 0.05) is 44.5 Å². The van der Waals surface area contributed by atoms with Gasteiger partial charge in [-0.2, -0.15) is 0 Å². The number of aliphatic hydroxyl groups is 1. The maximum Gasteiger partial charge on any atom is 0.119 e. The van der Waals surface area contributed by atoms with E-state index in [1.54, 1.807) is 12.5 Å². The van der Waals surface area contributed by atoms with Crippen molar-refractivity contribution in [2.45, 2.75) is 51.4 Å². The largest absolute Gasteiger partial charge is 0.491 e. The maximum atomic E-state index is 11.0. The van der Waals surface area contributed by atoms with Gasteiger partial charge in [0.05, 0.1) is 24.2 Å². The van der Waals surface area contributed by atoms with Crippen molar-refractivity contribution < 1.29 is 14.3 Å². The number of halogens is 2. The van der Waals surface area contributed by atoms with Crippen LogP contribution in [0.25, 0.3) is 0 Å². The first-order valence-electron chi connectivity index (χ1n) is 9.87. The van der Waals surface area contributed by atoms with Crippen LogP contribution in [-0.4, -0.2) is 48.4 Å². The number of hydrogen-bond donors (Lipinski definition) is 1. The topological polar surface area (TPSA) is 49.1 Å². The number of furan rings is 1. The van der Waals surface area contributed by atoms with Crippen LogP contribution >= 0.6 is 24.8 Å². The molecule has 0 amide bonds. The summed E-state index contributed by atoms with van der Waals surface area (Å²) in [7, 11) is 2.08. The first kappa shape index (κ1) is 25.6. The van der Waals surface area contributed by atoms with Gasteiger partial charge in [0.1, 0.15) is 5.75 Å². The second-order valence-corrected chi connectivity index (χ2v) is 7.96. The van der Waals surface area contributed by atoms with Crippen LogP contribution in [-0.2, 0) is 6.54 Å². The average molecular weight is 445 g/mol. The van der Waals surface area contributed by atoms with E-state index < -0.39 is 5.60 Å². The summed E-state index contributed by atoms with van der Waals surface area (Å²) in [5.41, 5.74) is 1.78. The van der Waals surface area contributed by atoms with Crippen LogP contribution in [0.15, 0.2) is 47.3 Å². The third kappa shape index (κ3) is 7.74. The number of benzene rings is 1. The predicted molar refractivity (Wildman–Crippen MR) is 123 cm³/mol. The Hall–Kier alpha value is -1.40. The van der Waals surface area contributed by atoms with Gasteiger partial charge in [-0.1, -0.05) is 0 Å². The molecule has 164 valence electrons. The average Bonchev–Trinajstić information content (AvgIpc) is 3.15. The third-order valence-electron chi connectivity index (χ3n) is 5.33. The number of anilines is 1. The van der Waals surface area contributed by atoms with Gasteiger partial charge in [0.15, 0.2) is 0 Å². The van der Waals surface area contributed by atoms with Gasteiger partial charge >= 0.3 is 0 Å². The molecule has 0 atom stereocenters. The van der Waals surface area contributed by atoms with Gasteiger partial charge in [-0.25, -0.2) is 0 Å². The Morgan fingerprint density at radius 2 is 1.79 bits per heavy atom. The highest BCUT2D eigenvalue weighted by Gasteiger charge is 2.32. The van der Waals surface area contributed by atoms with E-state index in [0.717, 1.165) is 56.9 Å². The lowest BCUT2D eigenvalue weighted by molar-refractivity contribution is -0.0275. The zero-order valence-corrected chi connectivity index (χ0v) is 19.2. The second kappa shape index (κ2) is 11.7. The molecule has 1 saturated heterocycles. The van der Waals surface area contributed by atoms with Crippen LogP contribution < -0.4 is 9.64 Å². The maximum absolute atomic E-state index is 11.0. The fraction of sp³-hybridized carbons (Fsp3) is 0.545. The van der Waals surface area contributed by atoms with E-state index in [4.69, 9.17) is 9.15 Å². The van der Waals surface area contributed by atoms with Crippen molar-refractivity contribution in [3.63, 3.8) is 0 Å². The molecule has 0 aliphatic carbocycles. The molecule has 0 saturated carbocycles. The molecule has 1 aliphatic rings. The number of ether oxygens (including phenoxy) is 1. The molecule has 0 spiro atoms. The molecule has 5 nitrogen and oxygen atoms in total. The van der Waals surface area contributed by atoms with Gasteiger partial charge < -0.3 is 19.2 Å². The van der Waals surface area contributed by atoms with E-state index in [9.17, 15) is 5.11 Å². The highest BCUT2D eigenvalue weighted by molar-refractivity contribution is 5.85. The number of likely N-dealkylation sites (tertiary alicyclic amines) is 1. The monoisotopic (exact) mass is 444 g/mol. The summed E-state index contributed by atoms with van der Waals surface area (Å²) >= 11 is 0. The minimum absolute atomic E-state index is 0. The molecule has 3 rings (SSSR count). The standard InChI is InChI=1S/C22H32N2O3.2ClH/c1-18(2)27-21-6-4-20(5-7-21)23(3)12-9-22(25)10-13-24(14-11-22)16-19-8-15-26-17-19;;/h4-8,15,17-18,25H,9-14,16H2,1-3H3;2*1H. The summed E-state index contributed by atoms with van der Waals surface area (Å²) in [5, 5.41) is 11.0. The summed E-state index contributed by atoms with van der Waals surface area (Å²) in [5.74, 6) is 0.894. The molecular weight excluding hydrogens is 411 g/mol. The van der Waals surface area contributed by atoms with Crippen LogP contribution in [0.1, 0.15) is 38.7 Å². The van der Waals surface area contributed by atoms with E-state index >= 15 is 0 Å². The molecule has 1 aromatic heterocycles. The Labute approximate surface area is 186 Å². The van der Waals surface area contributed by atoms with Crippen molar-refractivity contribution in [1.29, 1.82) is 0 Å². The minimum Gasteiger partial charge on any atom is -0.491 e. The summed E-state index contributed by atoms with van der Waals surface area (Å²) in [6.07, 6.45) is 6.12. The molecule has 2 aromatic rings. The zero-order valence-electron chi connectivity index (χ0n) is 17.5. The van der Waals surface area contributed by atoms with Crippen molar-refractivity contribution in [3.8, 4) is 5.75 Å². The fourth-order valence-corrected chi connectivity index (χ4v) is 3.57. The molecule has 0 radical (unpaired) electrons. The predicted octanol–water partition coefficient (Wildman–Crippen LogP) is 4.76. The van der Waals surface area contributed by atoms with Crippen molar-refractivity contribution in [2.75, 3.05) is 31.6 Å². The van der Waals surface area contributed by atoms with Crippen LogP contribution in [0.3, 0.4) is 0 Å². The summed E-state index contributed by atoms with van der Waals surface area (Å²) in [4.78, 5) is 4.59. The second-order valence-electron chi connectivity index (χ2n) is 7.96. The van der Waals surface area contributed by atoms with Gasteiger partial charge in [0.25, 0.3) is 0 Å². The Morgan fingerprint density at radius 1 is 1.14 bits per heavy atom. The molecule has 2 heterocycles. The highest BCUT2D eigenvalue weighted by atomic mass is 35.5. The van der Waals surface area contributed by atoms with Crippen LogP contribution in [0.4, 0.5) is 5.69 Å². The molecule has 1 aliphatic heterocycles. The fourth-order valence-electron chi connectivity index (χ4n) is 3.57. The lowest BCUT2D eigenvalue weighted by Crippen LogP contribution is -2.45. The summed E-state index contributed by atoms with van der Waals surface area (Å²) in [6, 6.07) is 10.2. The first-order chi connectivity index (χ1) is 12.9. The van der Waals surface area contributed by atoms with Gasteiger partial charge in [-0.3, -0.25) is 4.90 Å². The quantitative estimate of drug-likeness (QED) is 0.635. The van der Waals surface area contributed by atoms with E-state index in [1.807, 2.05) is 32.0 Å². The van der Waals surface area contributed by atoms with E-state index in [2.05, 4.69) is 29.0 Å². The molecule has 29 heavy (non-hydrogen) atoms. The van der Waals surface area contributed by atoms with Gasteiger partial charge in [0.2, 0.25) is 0 Å². The van der Waals surface area contributed by atoms with E-state index in [1.165, 1.54) is 5.56 Å². The molecule has 0 unspecified atom stereocenters.